The Kier molecular flexibility index (Phi) is 8.13. The lowest BCUT2D eigenvalue weighted by molar-refractivity contribution is -0.126. The highest BCUT2D eigenvalue weighted by molar-refractivity contribution is 5.83. The Balaban J connectivity index is 1.38. The van der Waals surface area contributed by atoms with Crippen LogP contribution in [0.4, 0.5) is 0 Å². The summed E-state index contributed by atoms with van der Waals surface area (Å²) in [6.07, 6.45) is 7.85. The predicted molar refractivity (Wildman–Crippen MR) is 121 cm³/mol. The van der Waals surface area contributed by atoms with Crippen molar-refractivity contribution in [1.82, 2.24) is 20.1 Å². The van der Waals surface area contributed by atoms with E-state index >= 15 is 0 Å². The maximum atomic E-state index is 12.6. The zero-order valence-corrected chi connectivity index (χ0v) is 18.4. The number of rotatable bonds is 10. The first-order valence-electron chi connectivity index (χ1n) is 11.3. The number of aromatic amines is 1. The molecule has 2 heterocycles. The van der Waals surface area contributed by atoms with Gasteiger partial charge in [-0.15, -0.1) is 0 Å². The third kappa shape index (κ3) is 6.06. The molecule has 5 heteroatoms. The van der Waals surface area contributed by atoms with E-state index in [0.29, 0.717) is 6.54 Å². The normalized spacial score (nSPS) is 17.1. The fourth-order valence-electron chi connectivity index (χ4n) is 4.46. The smallest absolute Gasteiger partial charge is 0.237 e. The topological polar surface area (TPSA) is 51.4 Å². The van der Waals surface area contributed by atoms with E-state index in [4.69, 9.17) is 0 Å². The molecule has 1 unspecified atom stereocenters. The Labute approximate surface area is 175 Å². The van der Waals surface area contributed by atoms with Crippen molar-refractivity contribution in [2.75, 3.05) is 39.8 Å². The van der Waals surface area contributed by atoms with Crippen molar-refractivity contribution < 1.29 is 4.79 Å². The number of para-hydroxylation sites is 1. The van der Waals surface area contributed by atoms with Gasteiger partial charge in [-0.05, 0) is 76.8 Å². The van der Waals surface area contributed by atoms with Crippen molar-refractivity contribution in [1.29, 1.82) is 0 Å². The molecule has 0 spiro atoms. The third-order valence-electron chi connectivity index (χ3n) is 6.41. The number of hydrogen-bond donors (Lipinski definition) is 2. The summed E-state index contributed by atoms with van der Waals surface area (Å²) in [5, 5.41) is 4.40. The van der Waals surface area contributed by atoms with Gasteiger partial charge in [0.1, 0.15) is 0 Å². The summed E-state index contributed by atoms with van der Waals surface area (Å²) in [6, 6.07) is 8.28. The minimum Gasteiger partial charge on any atom is -0.361 e. The van der Waals surface area contributed by atoms with Crippen molar-refractivity contribution in [2.24, 2.45) is 5.92 Å². The van der Waals surface area contributed by atoms with E-state index in [1.54, 1.807) is 0 Å². The lowest BCUT2D eigenvalue weighted by atomic mass is 9.95. The number of aromatic nitrogens is 1. The minimum atomic E-state index is -0.0447. The Bertz CT molecular complexity index is 763. The fraction of sp³-hybridized carbons (Fsp3) is 0.625. The van der Waals surface area contributed by atoms with Crippen LogP contribution in [0.3, 0.4) is 0 Å². The Morgan fingerprint density at radius 2 is 2.07 bits per heavy atom. The van der Waals surface area contributed by atoms with Gasteiger partial charge in [0, 0.05) is 30.2 Å². The average molecular weight is 399 g/mol. The summed E-state index contributed by atoms with van der Waals surface area (Å²) in [4.78, 5) is 20.8. The molecule has 1 fully saturated rings. The van der Waals surface area contributed by atoms with Crippen LogP contribution in [0.15, 0.2) is 30.5 Å². The van der Waals surface area contributed by atoms with Gasteiger partial charge in [0.05, 0.1) is 6.04 Å². The summed E-state index contributed by atoms with van der Waals surface area (Å²) in [6.45, 7) is 9.44. The van der Waals surface area contributed by atoms with Gasteiger partial charge in [0.25, 0.3) is 0 Å². The monoisotopic (exact) mass is 398 g/mol. The largest absolute Gasteiger partial charge is 0.361 e. The van der Waals surface area contributed by atoms with Crippen molar-refractivity contribution in [3.8, 4) is 0 Å². The second-order valence-corrected chi connectivity index (χ2v) is 8.67. The van der Waals surface area contributed by atoms with Gasteiger partial charge in [0.15, 0.2) is 0 Å². The van der Waals surface area contributed by atoms with Crippen LogP contribution in [0.1, 0.15) is 45.1 Å². The van der Waals surface area contributed by atoms with E-state index in [9.17, 15) is 4.79 Å². The molecule has 1 aromatic heterocycles. The SMILES string of the molecule is CCCCN(C)CC1CCN(C(C)C(=O)NCCc2c[nH]c3ccccc23)CC1. The first-order chi connectivity index (χ1) is 14.1. The Hall–Kier alpha value is -1.85. The number of H-pyrrole nitrogens is 1. The highest BCUT2D eigenvalue weighted by Gasteiger charge is 2.26. The number of unbranched alkanes of at least 4 members (excludes halogenated alkanes) is 1. The van der Waals surface area contributed by atoms with E-state index < -0.39 is 0 Å². The number of carbonyl (C=O) groups excluding carboxylic acids is 1. The number of fused-ring (bicyclic) bond motifs is 1. The molecule has 1 amide bonds. The number of hydrogen-bond acceptors (Lipinski definition) is 3. The van der Waals surface area contributed by atoms with Crippen LogP contribution in [-0.4, -0.2) is 66.5 Å². The third-order valence-corrected chi connectivity index (χ3v) is 6.41. The van der Waals surface area contributed by atoms with Crippen molar-refractivity contribution >= 4 is 16.8 Å². The number of piperidine rings is 1. The molecule has 3 rings (SSSR count). The number of carbonyl (C=O) groups is 1. The highest BCUT2D eigenvalue weighted by Crippen LogP contribution is 2.20. The maximum Gasteiger partial charge on any atom is 0.237 e. The van der Waals surface area contributed by atoms with E-state index in [1.165, 1.54) is 49.7 Å². The van der Waals surface area contributed by atoms with Crippen molar-refractivity contribution in [2.45, 2.75) is 52.0 Å². The molecule has 160 valence electrons. The first kappa shape index (κ1) is 21.8. The van der Waals surface area contributed by atoms with Crippen LogP contribution in [0.25, 0.3) is 10.9 Å². The molecular weight excluding hydrogens is 360 g/mol. The predicted octanol–water partition coefficient (Wildman–Crippen LogP) is 3.66. The standard InChI is InChI=1S/C24H38N4O/c1-4-5-14-27(3)18-20-11-15-28(16-12-20)19(2)24(29)25-13-10-21-17-26-23-9-7-6-8-22(21)23/h6-9,17,19-20,26H,4-5,10-16,18H2,1-3H3,(H,25,29). The molecule has 1 atom stereocenters. The highest BCUT2D eigenvalue weighted by atomic mass is 16.2. The minimum absolute atomic E-state index is 0.0447. The zero-order valence-electron chi connectivity index (χ0n) is 18.4. The molecule has 0 radical (unpaired) electrons. The second-order valence-electron chi connectivity index (χ2n) is 8.67. The number of nitrogens with one attached hydrogen (secondary N) is 2. The van der Waals surface area contributed by atoms with Gasteiger partial charge in [-0.2, -0.15) is 0 Å². The summed E-state index contributed by atoms with van der Waals surface area (Å²) in [5.74, 6) is 0.925. The zero-order chi connectivity index (χ0) is 20.6. The number of amides is 1. The van der Waals surface area contributed by atoms with Gasteiger partial charge in [-0.3, -0.25) is 9.69 Å². The molecule has 29 heavy (non-hydrogen) atoms. The Morgan fingerprint density at radius 3 is 2.83 bits per heavy atom. The summed E-state index contributed by atoms with van der Waals surface area (Å²) in [5.41, 5.74) is 2.42. The van der Waals surface area contributed by atoms with Crippen LogP contribution in [0.5, 0.6) is 0 Å². The van der Waals surface area contributed by atoms with Crippen molar-refractivity contribution in [3.63, 3.8) is 0 Å². The fourth-order valence-corrected chi connectivity index (χ4v) is 4.46. The van der Waals surface area contributed by atoms with Crippen LogP contribution >= 0.6 is 0 Å². The molecule has 1 aliphatic heterocycles. The molecule has 0 bridgehead atoms. The quantitative estimate of drug-likeness (QED) is 0.642. The molecule has 1 saturated heterocycles. The molecule has 5 nitrogen and oxygen atoms in total. The summed E-state index contributed by atoms with van der Waals surface area (Å²) < 4.78 is 0. The lowest BCUT2D eigenvalue weighted by Crippen LogP contribution is -2.49. The molecule has 2 N–H and O–H groups in total. The van der Waals surface area contributed by atoms with Crippen LogP contribution < -0.4 is 5.32 Å². The van der Waals surface area contributed by atoms with E-state index in [2.05, 4.69) is 65.4 Å². The molecule has 1 aromatic carbocycles. The van der Waals surface area contributed by atoms with Gasteiger partial charge >= 0.3 is 0 Å². The van der Waals surface area contributed by atoms with Crippen LogP contribution in [0, 0.1) is 5.92 Å². The average Bonchev–Trinajstić information content (AvgIpc) is 3.15. The molecule has 0 aliphatic carbocycles. The van der Waals surface area contributed by atoms with Crippen LogP contribution in [0.2, 0.25) is 0 Å². The van der Waals surface area contributed by atoms with E-state index in [-0.39, 0.29) is 11.9 Å². The second kappa shape index (κ2) is 10.8. The molecule has 0 saturated carbocycles. The first-order valence-corrected chi connectivity index (χ1v) is 11.3. The summed E-state index contributed by atoms with van der Waals surface area (Å²) in [7, 11) is 2.24. The van der Waals surface area contributed by atoms with Gasteiger partial charge in [-0.1, -0.05) is 31.5 Å². The summed E-state index contributed by atoms with van der Waals surface area (Å²) >= 11 is 0. The molecule has 1 aliphatic rings. The lowest BCUT2D eigenvalue weighted by Gasteiger charge is -2.36. The van der Waals surface area contributed by atoms with Crippen molar-refractivity contribution in [3.05, 3.63) is 36.0 Å². The van der Waals surface area contributed by atoms with Gasteiger partial charge in [-0.25, -0.2) is 0 Å². The molecular formula is C24H38N4O. The molecule has 2 aromatic rings. The van der Waals surface area contributed by atoms with E-state index in [1.807, 2.05) is 6.07 Å². The Morgan fingerprint density at radius 1 is 1.31 bits per heavy atom. The number of nitrogens with zero attached hydrogens (tertiary/aromatic N) is 2. The number of benzene rings is 1. The number of likely N-dealkylation sites (tertiary alicyclic amines) is 1. The van der Waals surface area contributed by atoms with Crippen LogP contribution in [-0.2, 0) is 11.2 Å². The van der Waals surface area contributed by atoms with Gasteiger partial charge < -0.3 is 15.2 Å². The van der Waals surface area contributed by atoms with E-state index in [0.717, 1.165) is 30.9 Å². The maximum absolute atomic E-state index is 12.6. The van der Waals surface area contributed by atoms with Gasteiger partial charge in [0.2, 0.25) is 5.91 Å².